The minimum Gasteiger partial charge on any atom is -0.587 e. The highest BCUT2D eigenvalue weighted by Crippen LogP contribution is 2.37. The fourth-order valence-electron chi connectivity index (χ4n) is 4.17. The lowest BCUT2D eigenvalue weighted by atomic mass is 9.92. The Bertz CT molecular complexity index is 1030. The van der Waals surface area contributed by atoms with Crippen LogP contribution < -0.4 is 15.9 Å². The van der Waals surface area contributed by atoms with Gasteiger partial charge in [0.2, 0.25) is 0 Å². The Morgan fingerprint density at radius 1 is 1.27 bits per heavy atom. The fourth-order valence-corrected chi connectivity index (χ4v) is 4.34. The molecule has 4 N–H and O–H groups in total. The number of rotatable bonds is 6. The molecule has 1 unspecified atom stereocenters. The molecule has 160 valence electrons. The molecule has 8 nitrogen and oxygen atoms in total. The SMILES string of the molecule is Cc1ncc([N+]([O-])(O)c2ccnc3cc(Cl)ccc23)n1CCNC1CCC(N)CC1. The molecule has 2 heterocycles. The molecule has 1 aromatic carbocycles. The quantitative estimate of drug-likeness (QED) is 0.405. The van der Waals surface area contributed by atoms with Crippen LogP contribution in [0.4, 0.5) is 11.5 Å². The fraction of sp³-hybridized carbons (Fsp3) is 0.429. The number of benzene rings is 1. The summed E-state index contributed by atoms with van der Waals surface area (Å²) in [6, 6.07) is 7.32. The number of aryl methyl sites for hydroxylation is 1. The van der Waals surface area contributed by atoms with Gasteiger partial charge in [-0.05, 0) is 50.8 Å². The topological polar surface area (TPSA) is 112 Å². The third kappa shape index (κ3) is 4.20. The van der Waals surface area contributed by atoms with E-state index in [1.54, 1.807) is 22.8 Å². The van der Waals surface area contributed by atoms with Crippen molar-refractivity contribution in [3.8, 4) is 0 Å². The summed E-state index contributed by atoms with van der Waals surface area (Å²) < 4.78 is 1.76. The van der Waals surface area contributed by atoms with Crippen molar-refractivity contribution in [1.29, 1.82) is 0 Å². The smallest absolute Gasteiger partial charge is 0.266 e. The van der Waals surface area contributed by atoms with E-state index in [0.29, 0.717) is 46.9 Å². The van der Waals surface area contributed by atoms with Crippen LogP contribution in [0.15, 0.2) is 36.7 Å². The molecule has 2 aromatic heterocycles. The molecule has 0 aliphatic heterocycles. The van der Waals surface area contributed by atoms with Crippen molar-refractivity contribution >= 4 is 34.0 Å². The van der Waals surface area contributed by atoms with Crippen molar-refractivity contribution in [2.45, 2.75) is 51.2 Å². The summed E-state index contributed by atoms with van der Waals surface area (Å²) in [5.74, 6) is 0.827. The number of imidazole rings is 1. The molecule has 3 aromatic rings. The second kappa shape index (κ2) is 8.58. The van der Waals surface area contributed by atoms with Gasteiger partial charge in [0.05, 0.1) is 10.9 Å². The van der Waals surface area contributed by atoms with Crippen LogP contribution in [0.1, 0.15) is 31.5 Å². The van der Waals surface area contributed by atoms with Crippen LogP contribution in [0.25, 0.3) is 10.9 Å². The monoisotopic (exact) mass is 430 g/mol. The number of nitrogens with one attached hydrogen (secondary N) is 1. The van der Waals surface area contributed by atoms with E-state index in [-0.39, 0.29) is 11.5 Å². The van der Waals surface area contributed by atoms with E-state index in [2.05, 4.69) is 15.3 Å². The van der Waals surface area contributed by atoms with Gasteiger partial charge in [0, 0.05) is 42.5 Å². The van der Waals surface area contributed by atoms with Crippen molar-refractivity contribution in [3.63, 3.8) is 0 Å². The maximum atomic E-state index is 13.5. The molecule has 0 bridgehead atoms. The summed E-state index contributed by atoms with van der Waals surface area (Å²) in [6.45, 7) is 3.03. The molecule has 0 radical (unpaired) electrons. The zero-order chi connectivity index (χ0) is 21.3. The van der Waals surface area contributed by atoms with Gasteiger partial charge in [-0.15, -0.1) is 4.81 Å². The van der Waals surface area contributed by atoms with Crippen LogP contribution in [-0.2, 0) is 6.54 Å². The summed E-state index contributed by atoms with van der Waals surface area (Å²) in [6.07, 6.45) is 7.11. The van der Waals surface area contributed by atoms with Crippen molar-refractivity contribution in [1.82, 2.24) is 24.7 Å². The third-order valence-corrected chi connectivity index (χ3v) is 6.13. The normalized spacial score (nSPS) is 21.6. The lowest BCUT2D eigenvalue weighted by Gasteiger charge is -2.33. The molecule has 30 heavy (non-hydrogen) atoms. The minimum absolute atomic E-state index is 0.155. The maximum Gasteiger partial charge on any atom is 0.266 e. The Morgan fingerprint density at radius 3 is 2.80 bits per heavy atom. The molecule has 1 fully saturated rings. The van der Waals surface area contributed by atoms with E-state index < -0.39 is 4.81 Å². The van der Waals surface area contributed by atoms with Gasteiger partial charge in [0.15, 0.2) is 5.69 Å². The van der Waals surface area contributed by atoms with Crippen LogP contribution in [0.5, 0.6) is 0 Å². The van der Waals surface area contributed by atoms with E-state index in [9.17, 15) is 10.4 Å². The summed E-state index contributed by atoms with van der Waals surface area (Å²) in [7, 11) is 0. The van der Waals surface area contributed by atoms with E-state index in [1.807, 2.05) is 6.92 Å². The van der Waals surface area contributed by atoms with Crippen molar-refractivity contribution in [2.75, 3.05) is 6.54 Å². The maximum absolute atomic E-state index is 13.5. The van der Waals surface area contributed by atoms with Gasteiger partial charge >= 0.3 is 0 Å². The predicted octanol–water partition coefficient (Wildman–Crippen LogP) is 3.78. The Balaban J connectivity index is 1.57. The highest BCUT2D eigenvalue weighted by Gasteiger charge is 2.30. The third-order valence-electron chi connectivity index (χ3n) is 5.89. The zero-order valence-electron chi connectivity index (χ0n) is 17.0. The second-order valence-electron chi connectivity index (χ2n) is 7.95. The molecule has 1 saturated carbocycles. The molecule has 1 aliphatic carbocycles. The summed E-state index contributed by atoms with van der Waals surface area (Å²) in [4.78, 5) is 6.88. The van der Waals surface area contributed by atoms with E-state index in [0.717, 1.165) is 25.7 Å². The number of aromatic nitrogens is 3. The van der Waals surface area contributed by atoms with Gasteiger partial charge in [-0.3, -0.25) is 9.55 Å². The number of nitrogens with zero attached hydrogens (tertiary/aromatic N) is 4. The van der Waals surface area contributed by atoms with Gasteiger partial charge < -0.3 is 16.3 Å². The van der Waals surface area contributed by atoms with E-state index >= 15 is 0 Å². The molecule has 4 rings (SSSR count). The first-order valence-electron chi connectivity index (χ1n) is 10.3. The standard InChI is InChI=1S/C21H27ClN6O2/c1-14-26-13-21(27(14)11-10-24-17-5-3-16(23)4-6-17)28(29,30)20-8-9-25-19-12-15(22)2-7-18(19)20/h2,7-9,12-13,16-17,24,29H,3-6,10-11,23H2,1H3. The highest BCUT2D eigenvalue weighted by atomic mass is 35.5. The lowest BCUT2D eigenvalue weighted by Crippen LogP contribution is -2.39. The molecule has 1 aliphatic rings. The Hall–Kier alpha value is -2.07. The molecule has 0 spiro atoms. The molecular formula is C21H27ClN6O2. The van der Waals surface area contributed by atoms with Crippen LogP contribution in [0.3, 0.4) is 0 Å². The van der Waals surface area contributed by atoms with Gasteiger partial charge in [-0.2, -0.15) is 0 Å². The van der Waals surface area contributed by atoms with Crippen LogP contribution >= 0.6 is 11.6 Å². The average Bonchev–Trinajstić information content (AvgIpc) is 3.10. The van der Waals surface area contributed by atoms with Gasteiger partial charge in [-0.1, -0.05) is 11.6 Å². The predicted molar refractivity (Wildman–Crippen MR) is 119 cm³/mol. The van der Waals surface area contributed by atoms with Crippen LogP contribution in [0, 0.1) is 12.1 Å². The minimum atomic E-state index is -1.67. The van der Waals surface area contributed by atoms with E-state index in [4.69, 9.17) is 17.3 Å². The number of quaternary nitrogens is 1. The lowest BCUT2D eigenvalue weighted by molar-refractivity contribution is 0.0218. The van der Waals surface area contributed by atoms with Gasteiger partial charge in [-0.25, -0.2) is 10.2 Å². The summed E-state index contributed by atoms with van der Waals surface area (Å²) >= 11 is 6.05. The van der Waals surface area contributed by atoms with Gasteiger partial charge in [0.1, 0.15) is 12.0 Å². The Kier molecular flexibility index (Phi) is 6.06. The number of nitrogens with two attached hydrogens (primary N) is 1. The first kappa shape index (κ1) is 21.2. The molecule has 1 atom stereocenters. The number of halogens is 1. The van der Waals surface area contributed by atoms with E-state index in [1.165, 1.54) is 18.5 Å². The number of hydrogen-bond donors (Lipinski definition) is 3. The van der Waals surface area contributed by atoms with Crippen LogP contribution in [0.2, 0.25) is 5.02 Å². The molecular weight excluding hydrogens is 404 g/mol. The zero-order valence-corrected chi connectivity index (χ0v) is 17.7. The molecule has 9 heteroatoms. The number of fused-ring (bicyclic) bond motifs is 1. The Labute approximate surface area is 180 Å². The highest BCUT2D eigenvalue weighted by molar-refractivity contribution is 6.31. The Morgan fingerprint density at radius 2 is 2.03 bits per heavy atom. The first-order chi connectivity index (χ1) is 14.4. The van der Waals surface area contributed by atoms with Crippen LogP contribution in [-0.4, -0.2) is 38.4 Å². The summed E-state index contributed by atoms with van der Waals surface area (Å²) in [5.41, 5.74) is 6.70. The van der Waals surface area contributed by atoms with Gasteiger partial charge in [0.25, 0.3) is 5.82 Å². The van der Waals surface area contributed by atoms with Crippen molar-refractivity contribution in [3.05, 3.63) is 52.7 Å². The average molecular weight is 431 g/mol. The van der Waals surface area contributed by atoms with Crippen molar-refractivity contribution in [2.24, 2.45) is 5.73 Å². The largest absolute Gasteiger partial charge is 0.587 e. The molecule has 0 amide bonds. The first-order valence-corrected chi connectivity index (χ1v) is 10.6. The summed E-state index contributed by atoms with van der Waals surface area (Å²) in [5, 5.41) is 29.1. The van der Waals surface area contributed by atoms with Crippen molar-refractivity contribution < 1.29 is 5.21 Å². The molecule has 0 saturated heterocycles. The second-order valence-corrected chi connectivity index (χ2v) is 8.39. The number of pyridine rings is 1. The number of hydrogen-bond acceptors (Lipinski definition) is 6.